The molecule has 2 saturated heterocycles. The van der Waals surface area contributed by atoms with Crippen LogP contribution in [0.1, 0.15) is 57.6 Å². The van der Waals surface area contributed by atoms with Crippen LogP contribution in [-0.4, -0.2) is 56.0 Å². The van der Waals surface area contributed by atoms with Crippen molar-refractivity contribution in [3.05, 3.63) is 51.9 Å². The number of benzene rings is 1. The lowest BCUT2D eigenvalue weighted by molar-refractivity contribution is -0.0241. The highest BCUT2D eigenvalue weighted by molar-refractivity contribution is 5.82. The summed E-state index contributed by atoms with van der Waals surface area (Å²) in [6.07, 6.45) is 7.09. The molecule has 7 heteroatoms. The number of carbonyl (C=O) groups is 1. The molecule has 2 aromatic heterocycles. The molecule has 2 fully saturated rings. The van der Waals surface area contributed by atoms with E-state index in [1.54, 1.807) is 17.7 Å². The number of imidazole rings is 1. The molecule has 184 valence electrons. The molecular formula is C28H35N5O2. The third kappa shape index (κ3) is 3.27. The van der Waals surface area contributed by atoms with Gasteiger partial charge < -0.3 is 19.4 Å². The Bertz CT molecular complexity index is 1380. The van der Waals surface area contributed by atoms with Gasteiger partial charge in [-0.2, -0.15) is 0 Å². The number of urea groups is 1. The summed E-state index contributed by atoms with van der Waals surface area (Å²) in [5, 5.41) is 0. The van der Waals surface area contributed by atoms with E-state index >= 15 is 0 Å². The van der Waals surface area contributed by atoms with Gasteiger partial charge in [-0.05, 0) is 66.8 Å². The fraction of sp³-hybridized carbons (Fsp3) is 0.536. The van der Waals surface area contributed by atoms with Crippen LogP contribution >= 0.6 is 0 Å². The Labute approximate surface area is 206 Å². The fourth-order valence-corrected chi connectivity index (χ4v) is 6.79. The summed E-state index contributed by atoms with van der Waals surface area (Å²) in [5.74, 6) is 0.771. The molecule has 3 aliphatic rings. The van der Waals surface area contributed by atoms with E-state index in [1.165, 1.54) is 17.5 Å². The van der Waals surface area contributed by atoms with Gasteiger partial charge >= 0.3 is 6.03 Å². The third-order valence-electron chi connectivity index (χ3n) is 9.43. The molecule has 2 aliphatic heterocycles. The number of nitrogens with one attached hydrogen (secondary N) is 1. The van der Waals surface area contributed by atoms with Gasteiger partial charge in [0.2, 0.25) is 5.56 Å². The molecule has 1 N–H and O–H groups in total. The van der Waals surface area contributed by atoms with Gasteiger partial charge in [-0.1, -0.05) is 20.8 Å². The number of aromatic amines is 1. The minimum absolute atomic E-state index is 0.0339. The Morgan fingerprint density at radius 1 is 1.09 bits per heavy atom. The van der Waals surface area contributed by atoms with E-state index in [-0.39, 0.29) is 28.5 Å². The number of H-pyrrole nitrogens is 1. The molecule has 3 aromatic rings. The van der Waals surface area contributed by atoms with Crippen molar-refractivity contribution in [2.75, 3.05) is 19.6 Å². The number of nitrogens with zero attached hydrogens (tertiary/aromatic N) is 4. The SMILES string of the molecule is Cn1cc(-c2nc3cc4c(cc3[nH]2)C[C@H]2N(C(=O)N3CCCCC3)CC[C@]4(C)C2(C)C)ccc1=O. The molecule has 2 amide bonds. The summed E-state index contributed by atoms with van der Waals surface area (Å²) in [4.78, 5) is 38.1. The quantitative estimate of drug-likeness (QED) is 0.568. The monoisotopic (exact) mass is 473 g/mol. The first-order valence-electron chi connectivity index (χ1n) is 12.9. The predicted molar refractivity (Wildman–Crippen MR) is 138 cm³/mol. The number of aromatic nitrogens is 3. The lowest BCUT2D eigenvalue weighted by Crippen LogP contribution is -2.66. The second kappa shape index (κ2) is 7.70. The van der Waals surface area contributed by atoms with Crippen LogP contribution in [0.4, 0.5) is 4.79 Å². The van der Waals surface area contributed by atoms with Gasteiger partial charge in [-0.25, -0.2) is 9.78 Å². The molecule has 0 saturated carbocycles. The molecule has 1 aliphatic carbocycles. The zero-order valence-corrected chi connectivity index (χ0v) is 21.2. The first kappa shape index (κ1) is 22.4. The van der Waals surface area contributed by atoms with Crippen molar-refractivity contribution in [2.45, 2.75) is 64.3 Å². The summed E-state index contributed by atoms with van der Waals surface area (Å²) in [7, 11) is 1.76. The van der Waals surface area contributed by atoms with E-state index in [0.29, 0.717) is 0 Å². The van der Waals surface area contributed by atoms with Crippen molar-refractivity contribution >= 4 is 17.1 Å². The van der Waals surface area contributed by atoms with Crippen molar-refractivity contribution in [2.24, 2.45) is 12.5 Å². The lowest BCUT2D eigenvalue weighted by Gasteiger charge is -2.61. The van der Waals surface area contributed by atoms with Crippen LogP contribution in [0.25, 0.3) is 22.4 Å². The van der Waals surface area contributed by atoms with Gasteiger partial charge in [-0.3, -0.25) is 4.79 Å². The van der Waals surface area contributed by atoms with Crippen molar-refractivity contribution < 1.29 is 4.79 Å². The number of carbonyl (C=O) groups excluding carboxylic acids is 1. The van der Waals surface area contributed by atoms with Gasteiger partial charge in [0.1, 0.15) is 5.82 Å². The highest BCUT2D eigenvalue weighted by Gasteiger charge is 2.57. The minimum Gasteiger partial charge on any atom is -0.338 e. The van der Waals surface area contributed by atoms with Crippen molar-refractivity contribution in [1.29, 1.82) is 0 Å². The van der Waals surface area contributed by atoms with Crippen LogP contribution < -0.4 is 5.56 Å². The molecule has 35 heavy (non-hydrogen) atoms. The van der Waals surface area contributed by atoms with Crippen LogP contribution in [0, 0.1) is 5.41 Å². The maximum atomic E-state index is 13.6. The van der Waals surface area contributed by atoms with E-state index in [0.717, 1.165) is 67.7 Å². The number of aryl methyl sites for hydroxylation is 1. The summed E-state index contributed by atoms with van der Waals surface area (Å²) >= 11 is 0. The Hall–Kier alpha value is -3.09. The normalized spacial score (nSPS) is 25.5. The first-order valence-corrected chi connectivity index (χ1v) is 12.9. The Balaban J connectivity index is 1.40. The van der Waals surface area contributed by atoms with Crippen molar-refractivity contribution in [3.63, 3.8) is 0 Å². The van der Waals surface area contributed by atoms with E-state index in [2.05, 4.69) is 47.7 Å². The van der Waals surface area contributed by atoms with Gasteiger partial charge in [0, 0.05) is 56.0 Å². The molecule has 0 unspecified atom stereocenters. The maximum absolute atomic E-state index is 13.6. The Morgan fingerprint density at radius 2 is 1.86 bits per heavy atom. The minimum atomic E-state index is -0.0474. The van der Waals surface area contributed by atoms with Crippen LogP contribution in [0.3, 0.4) is 0 Å². The summed E-state index contributed by atoms with van der Waals surface area (Å²) < 4.78 is 1.58. The lowest BCUT2D eigenvalue weighted by atomic mass is 9.51. The molecule has 1 aromatic carbocycles. The highest BCUT2D eigenvalue weighted by Crippen LogP contribution is 2.56. The van der Waals surface area contributed by atoms with Crippen LogP contribution in [0.5, 0.6) is 0 Å². The number of rotatable bonds is 1. The van der Waals surface area contributed by atoms with Crippen LogP contribution in [0.15, 0.2) is 35.3 Å². The number of fused-ring (bicyclic) bond motifs is 5. The maximum Gasteiger partial charge on any atom is 0.320 e. The summed E-state index contributed by atoms with van der Waals surface area (Å²) in [5.41, 5.74) is 5.42. The largest absolute Gasteiger partial charge is 0.338 e. The average Bonchev–Trinajstić information content (AvgIpc) is 3.26. The van der Waals surface area contributed by atoms with Gasteiger partial charge in [-0.15, -0.1) is 0 Å². The summed E-state index contributed by atoms with van der Waals surface area (Å²) in [6.45, 7) is 9.66. The highest BCUT2D eigenvalue weighted by atomic mass is 16.2. The van der Waals surface area contributed by atoms with E-state index < -0.39 is 0 Å². The van der Waals surface area contributed by atoms with E-state index in [9.17, 15) is 9.59 Å². The molecule has 0 spiro atoms. The second-order valence-corrected chi connectivity index (χ2v) is 11.5. The third-order valence-corrected chi connectivity index (χ3v) is 9.43. The Kier molecular flexibility index (Phi) is 4.93. The second-order valence-electron chi connectivity index (χ2n) is 11.5. The number of hydrogen-bond donors (Lipinski definition) is 1. The van der Waals surface area contributed by atoms with Gasteiger partial charge in [0.15, 0.2) is 0 Å². The smallest absolute Gasteiger partial charge is 0.320 e. The Morgan fingerprint density at radius 3 is 2.60 bits per heavy atom. The average molecular weight is 474 g/mol. The predicted octanol–water partition coefficient (Wildman–Crippen LogP) is 4.45. The van der Waals surface area contributed by atoms with Crippen LogP contribution in [0.2, 0.25) is 0 Å². The molecule has 2 atom stereocenters. The number of piperidine rings is 2. The molecule has 2 bridgehead atoms. The molecular weight excluding hydrogens is 438 g/mol. The molecule has 0 radical (unpaired) electrons. The summed E-state index contributed by atoms with van der Waals surface area (Å²) in [6, 6.07) is 8.32. The van der Waals surface area contributed by atoms with Crippen molar-refractivity contribution in [1.82, 2.24) is 24.3 Å². The fourth-order valence-electron chi connectivity index (χ4n) is 6.79. The van der Waals surface area contributed by atoms with E-state index in [1.807, 2.05) is 12.3 Å². The number of amides is 2. The van der Waals surface area contributed by atoms with Crippen molar-refractivity contribution in [3.8, 4) is 11.4 Å². The van der Waals surface area contributed by atoms with Crippen LogP contribution in [-0.2, 0) is 18.9 Å². The van der Waals surface area contributed by atoms with E-state index in [4.69, 9.17) is 4.98 Å². The number of pyridine rings is 1. The zero-order valence-electron chi connectivity index (χ0n) is 21.2. The standard InChI is InChI=1S/C28H35N5O2/c1-27(2)23-15-19-14-21-22(30-25(29-21)18-8-9-24(34)31(4)17-18)16-20(19)28(27,3)10-13-33(23)26(35)32-11-6-5-7-12-32/h8-9,14,16-17,23H,5-7,10-13,15H2,1-4H3,(H,29,30)/t23-,28+/m1/s1. The topological polar surface area (TPSA) is 74.2 Å². The van der Waals surface area contributed by atoms with Gasteiger partial charge in [0.25, 0.3) is 0 Å². The first-order chi connectivity index (χ1) is 16.7. The molecule has 4 heterocycles. The number of likely N-dealkylation sites (tertiary alicyclic amines) is 2. The van der Waals surface area contributed by atoms with Gasteiger partial charge in [0.05, 0.1) is 11.0 Å². The molecule has 6 rings (SSSR count). The molecule has 7 nitrogen and oxygen atoms in total. The zero-order chi connectivity index (χ0) is 24.5. The number of hydrogen-bond acceptors (Lipinski definition) is 3.